The molecule has 9 heteroatoms. The van der Waals surface area contributed by atoms with Crippen LogP contribution in [0.25, 0.3) is 0 Å². The molecule has 0 aliphatic carbocycles. The average Bonchev–Trinajstić information content (AvgIpc) is 2.62. The summed E-state index contributed by atoms with van der Waals surface area (Å²) in [5.74, 6) is -1.77. The Labute approximate surface area is 150 Å². The smallest absolute Gasteiger partial charge is 0.309 e. The molecular weight excluding hydrogens is 366 g/mol. The number of nitrogens with one attached hydrogen (secondary N) is 2. The fraction of sp³-hybridized carbons (Fsp3) is 0.188. The second-order valence-corrected chi connectivity index (χ2v) is 7.63. The molecule has 0 saturated carbocycles. The Bertz CT molecular complexity index is 855. The van der Waals surface area contributed by atoms with E-state index in [1.165, 1.54) is 43.7 Å². The van der Waals surface area contributed by atoms with Crippen molar-refractivity contribution in [1.82, 2.24) is 15.6 Å². The number of sulfone groups is 1. The average molecular weight is 382 g/mol. The maximum Gasteiger partial charge on any atom is 0.309 e. The fourth-order valence-electron chi connectivity index (χ4n) is 2.14. The molecule has 2 amide bonds. The highest BCUT2D eigenvalue weighted by atomic mass is 35.5. The number of hydrogen-bond donors (Lipinski definition) is 2. The third kappa shape index (κ3) is 4.55. The van der Waals surface area contributed by atoms with Gasteiger partial charge >= 0.3 is 11.8 Å². The van der Waals surface area contributed by atoms with Gasteiger partial charge in [0.05, 0.1) is 4.90 Å². The van der Waals surface area contributed by atoms with E-state index in [0.29, 0.717) is 10.6 Å². The Kier molecular flexibility index (Phi) is 6.11. The molecule has 0 aliphatic rings. The number of aromatic nitrogens is 1. The minimum Gasteiger partial charge on any atom is -0.351 e. The lowest BCUT2D eigenvalue weighted by atomic mass is 10.2. The molecule has 2 rings (SSSR count). The molecule has 1 heterocycles. The summed E-state index contributed by atoms with van der Waals surface area (Å²) < 4.78 is 25.9. The summed E-state index contributed by atoms with van der Waals surface area (Å²) in [5.41, 5.74) is 0.398. The Hall–Kier alpha value is -2.45. The zero-order valence-corrected chi connectivity index (χ0v) is 14.8. The van der Waals surface area contributed by atoms with E-state index in [0.717, 1.165) is 0 Å². The van der Waals surface area contributed by atoms with Crippen molar-refractivity contribution in [3.8, 4) is 0 Å². The van der Waals surface area contributed by atoms with Crippen LogP contribution in [-0.4, -0.2) is 38.8 Å². The summed E-state index contributed by atoms with van der Waals surface area (Å²) in [6.45, 7) is -0.275. The van der Waals surface area contributed by atoms with Crippen molar-refractivity contribution in [3.63, 3.8) is 0 Å². The first kappa shape index (κ1) is 18.9. The van der Waals surface area contributed by atoms with Crippen molar-refractivity contribution in [2.45, 2.75) is 10.1 Å². The molecule has 2 N–H and O–H groups in total. The van der Waals surface area contributed by atoms with E-state index in [1.807, 2.05) is 0 Å². The first-order chi connectivity index (χ1) is 11.9. The van der Waals surface area contributed by atoms with Crippen molar-refractivity contribution in [2.24, 2.45) is 0 Å². The molecule has 0 fully saturated rings. The number of pyridine rings is 1. The van der Waals surface area contributed by atoms with Crippen LogP contribution < -0.4 is 10.6 Å². The van der Waals surface area contributed by atoms with Crippen molar-refractivity contribution < 1.29 is 18.0 Å². The van der Waals surface area contributed by atoms with Crippen LogP contribution in [0.1, 0.15) is 10.8 Å². The highest BCUT2D eigenvalue weighted by molar-refractivity contribution is 7.91. The van der Waals surface area contributed by atoms with Crippen LogP contribution in [0.3, 0.4) is 0 Å². The van der Waals surface area contributed by atoms with Crippen LogP contribution >= 0.6 is 11.6 Å². The monoisotopic (exact) mass is 381 g/mol. The Morgan fingerprint density at radius 1 is 1.16 bits per heavy atom. The maximum absolute atomic E-state index is 13.0. The topological polar surface area (TPSA) is 105 Å². The van der Waals surface area contributed by atoms with Gasteiger partial charge in [0.15, 0.2) is 9.84 Å². The molecule has 0 bridgehead atoms. The van der Waals surface area contributed by atoms with Crippen molar-refractivity contribution >= 4 is 33.3 Å². The molecule has 0 unspecified atom stereocenters. The number of likely N-dealkylation sites (N-methyl/N-ethyl adjacent to an activating group) is 1. The summed E-state index contributed by atoms with van der Waals surface area (Å²) in [6, 6.07) is 8.91. The number of nitrogens with zero attached hydrogens (tertiary/aromatic N) is 1. The van der Waals surface area contributed by atoms with Crippen LogP contribution in [0, 0.1) is 0 Å². The SMILES string of the molecule is CNC(=O)C(=O)NC[C@@H](c1cccnc1)S(=O)(=O)c1ccc(Cl)cc1. The fourth-order valence-corrected chi connectivity index (χ4v) is 3.91. The minimum atomic E-state index is -3.84. The molecule has 1 aromatic carbocycles. The summed E-state index contributed by atoms with van der Waals surface area (Å²) in [7, 11) is -2.53. The van der Waals surface area contributed by atoms with E-state index in [4.69, 9.17) is 11.6 Å². The first-order valence-electron chi connectivity index (χ1n) is 7.25. The van der Waals surface area contributed by atoms with Gasteiger partial charge in [0.2, 0.25) is 0 Å². The molecule has 7 nitrogen and oxygen atoms in total. The van der Waals surface area contributed by atoms with Gasteiger partial charge in [0.1, 0.15) is 5.25 Å². The highest BCUT2D eigenvalue weighted by Gasteiger charge is 2.30. The van der Waals surface area contributed by atoms with Crippen molar-refractivity contribution in [1.29, 1.82) is 0 Å². The van der Waals surface area contributed by atoms with Gasteiger partial charge in [-0.2, -0.15) is 0 Å². The number of hydrogen-bond acceptors (Lipinski definition) is 5. The summed E-state index contributed by atoms with van der Waals surface area (Å²) >= 11 is 5.81. The lowest BCUT2D eigenvalue weighted by Crippen LogP contribution is -2.41. The molecule has 0 spiro atoms. The Balaban J connectivity index is 2.36. The number of carbonyl (C=O) groups is 2. The van der Waals surface area contributed by atoms with Crippen LogP contribution in [0.5, 0.6) is 0 Å². The van der Waals surface area contributed by atoms with Gasteiger partial charge in [-0.05, 0) is 35.9 Å². The molecule has 25 heavy (non-hydrogen) atoms. The quantitative estimate of drug-likeness (QED) is 0.755. The van der Waals surface area contributed by atoms with Gasteiger partial charge in [-0.3, -0.25) is 14.6 Å². The largest absolute Gasteiger partial charge is 0.351 e. The standard InChI is InChI=1S/C16H16ClN3O4S/c1-18-15(21)16(22)20-10-14(11-3-2-8-19-9-11)25(23,24)13-6-4-12(17)5-7-13/h2-9,14H,10H2,1H3,(H,18,21)(H,20,22)/t14-/m0/s1. The van der Waals surface area contributed by atoms with E-state index in [-0.39, 0.29) is 11.4 Å². The zero-order chi connectivity index (χ0) is 18.4. The maximum atomic E-state index is 13.0. The number of rotatable bonds is 5. The Morgan fingerprint density at radius 3 is 2.40 bits per heavy atom. The van der Waals surface area contributed by atoms with Gasteiger partial charge < -0.3 is 10.6 Å². The molecule has 1 atom stereocenters. The second kappa shape index (κ2) is 8.09. The van der Waals surface area contributed by atoms with Gasteiger partial charge in [0, 0.05) is 31.0 Å². The molecule has 2 aromatic rings. The number of amides is 2. The predicted octanol–water partition coefficient (Wildman–Crippen LogP) is 1.11. The minimum absolute atomic E-state index is 0.0555. The predicted molar refractivity (Wildman–Crippen MR) is 92.7 cm³/mol. The summed E-state index contributed by atoms with van der Waals surface area (Å²) in [4.78, 5) is 27.0. The second-order valence-electron chi connectivity index (χ2n) is 5.06. The number of benzene rings is 1. The van der Waals surface area contributed by atoms with Crippen LogP contribution in [0.15, 0.2) is 53.7 Å². The van der Waals surface area contributed by atoms with Crippen LogP contribution in [0.2, 0.25) is 5.02 Å². The summed E-state index contributed by atoms with van der Waals surface area (Å²) in [6.07, 6.45) is 2.92. The molecule has 132 valence electrons. The van der Waals surface area contributed by atoms with Crippen LogP contribution in [-0.2, 0) is 19.4 Å². The molecular formula is C16H16ClN3O4S. The number of halogens is 1. The summed E-state index contributed by atoms with van der Waals surface area (Å²) in [5, 5.41) is 3.82. The third-order valence-electron chi connectivity index (χ3n) is 3.45. The van der Waals surface area contributed by atoms with E-state index >= 15 is 0 Å². The van der Waals surface area contributed by atoms with E-state index in [9.17, 15) is 18.0 Å². The van der Waals surface area contributed by atoms with E-state index < -0.39 is 26.9 Å². The van der Waals surface area contributed by atoms with Crippen molar-refractivity contribution in [2.75, 3.05) is 13.6 Å². The van der Waals surface area contributed by atoms with Crippen molar-refractivity contribution in [3.05, 3.63) is 59.4 Å². The highest BCUT2D eigenvalue weighted by Crippen LogP contribution is 2.28. The lowest BCUT2D eigenvalue weighted by Gasteiger charge is -2.18. The normalized spacial score (nSPS) is 12.2. The molecule has 1 aromatic heterocycles. The van der Waals surface area contributed by atoms with E-state index in [2.05, 4.69) is 15.6 Å². The van der Waals surface area contributed by atoms with Gasteiger partial charge in [-0.25, -0.2) is 8.42 Å². The molecule has 0 saturated heterocycles. The Morgan fingerprint density at radius 2 is 1.84 bits per heavy atom. The lowest BCUT2D eigenvalue weighted by molar-refractivity contribution is -0.138. The third-order valence-corrected chi connectivity index (χ3v) is 5.82. The van der Waals surface area contributed by atoms with Gasteiger partial charge in [0.25, 0.3) is 0 Å². The van der Waals surface area contributed by atoms with Crippen LogP contribution in [0.4, 0.5) is 0 Å². The molecule has 0 radical (unpaired) electrons. The van der Waals surface area contributed by atoms with Gasteiger partial charge in [-0.1, -0.05) is 17.7 Å². The number of carbonyl (C=O) groups excluding carboxylic acids is 2. The zero-order valence-electron chi connectivity index (χ0n) is 13.3. The van der Waals surface area contributed by atoms with Gasteiger partial charge in [-0.15, -0.1) is 0 Å². The van der Waals surface area contributed by atoms with E-state index in [1.54, 1.807) is 12.1 Å². The first-order valence-corrected chi connectivity index (χ1v) is 9.18. The molecule has 0 aliphatic heterocycles.